The summed E-state index contributed by atoms with van der Waals surface area (Å²) in [6, 6.07) is 35.9. The molecule has 0 amide bonds. The molecule has 0 N–H and O–H groups in total. The average molecular weight is 641 g/mol. The van der Waals surface area contributed by atoms with Gasteiger partial charge in [-0.05, 0) is 17.5 Å². The number of allylic oxidation sites excluding steroid dienone is 4. The Kier molecular flexibility index (Phi) is 13.6. The predicted octanol–water partition coefficient (Wildman–Crippen LogP) is 3.77. The van der Waals surface area contributed by atoms with Gasteiger partial charge >= 0.3 is 66.0 Å². The van der Waals surface area contributed by atoms with Gasteiger partial charge in [-0.2, -0.15) is 29.8 Å². The van der Waals surface area contributed by atoms with E-state index in [9.17, 15) is 0 Å². The summed E-state index contributed by atoms with van der Waals surface area (Å²) in [6.07, 6.45) is 19.8. The first-order chi connectivity index (χ1) is 18.8. The molecule has 40 heavy (non-hydrogen) atoms. The molecule has 3 heteroatoms. The minimum atomic E-state index is 0. The molecule has 3 aliphatic carbocycles. The van der Waals surface area contributed by atoms with Gasteiger partial charge in [0.15, 0.2) is 0 Å². The van der Waals surface area contributed by atoms with Gasteiger partial charge in [0.2, 0.25) is 0 Å². The molecule has 1 saturated carbocycles. The number of fused-ring (bicyclic) bond motifs is 3. The molecule has 0 bridgehead atoms. The van der Waals surface area contributed by atoms with Crippen LogP contribution in [-0.2, 0) is 30.7 Å². The van der Waals surface area contributed by atoms with Gasteiger partial charge < -0.3 is 24.8 Å². The number of rotatable bonds is 2. The first-order valence-corrected chi connectivity index (χ1v) is 15.1. The number of benzene rings is 4. The van der Waals surface area contributed by atoms with Crippen molar-refractivity contribution in [1.82, 2.24) is 0 Å². The van der Waals surface area contributed by atoms with Gasteiger partial charge in [-0.3, -0.25) is 6.08 Å². The summed E-state index contributed by atoms with van der Waals surface area (Å²) in [7, 11) is 0. The maximum absolute atomic E-state index is 3.52. The molecular weight excluding hydrogens is 607 g/mol. The molecule has 1 fully saturated rings. The van der Waals surface area contributed by atoms with E-state index in [2.05, 4.69) is 109 Å². The summed E-state index contributed by atoms with van der Waals surface area (Å²) >= 11 is 1.69. The van der Waals surface area contributed by atoms with Crippen LogP contribution in [-0.4, -0.2) is 3.21 Å². The summed E-state index contributed by atoms with van der Waals surface area (Å²) in [5.74, 6) is 0. The van der Waals surface area contributed by atoms with Crippen LogP contribution in [0.15, 0.2) is 109 Å². The molecule has 202 valence electrons. The van der Waals surface area contributed by atoms with Crippen molar-refractivity contribution in [2.24, 2.45) is 0 Å². The fourth-order valence-electron chi connectivity index (χ4n) is 5.19. The Balaban J connectivity index is 0.000000244. The molecule has 0 saturated heterocycles. The summed E-state index contributed by atoms with van der Waals surface area (Å²) in [5, 5.41) is 0. The van der Waals surface area contributed by atoms with E-state index in [0.717, 1.165) is 12.8 Å². The third-order valence-electron chi connectivity index (χ3n) is 7.30. The average Bonchev–Trinajstić information content (AvgIpc) is 3.62. The minimum absolute atomic E-state index is 0. The van der Waals surface area contributed by atoms with Crippen molar-refractivity contribution in [3.63, 3.8) is 0 Å². The van der Waals surface area contributed by atoms with Crippen molar-refractivity contribution in [1.29, 1.82) is 0 Å². The normalized spacial score (nSPS) is 14.2. The fourth-order valence-corrected chi connectivity index (χ4v) is 6.06. The van der Waals surface area contributed by atoms with Crippen LogP contribution in [0, 0.1) is 12.1 Å². The summed E-state index contributed by atoms with van der Waals surface area (Å²) < 4.78 is 1.81. The van der Waals surface area contributed by atoms with Crippen LogP contribution in [0.25, 0.3) is 33.4 Å². The van der Waals surface area contributed by atoms with Crippen molar-refractivity contribution in [3.8, 4) is 33.4 Å². The first-order valence-electron chi connectivity index (χ1n) is 13.8. The van der Waals surface area contributed by atoms with Gasteiger partial charge in [-0.25, -0.2) is 12.2 Å². The maximum Gasteiger partial charge on any atom is -0.0184 e. The molecule has 4 aromatic carbocycles. The van der Waals surface area contributed by atoms with Crippen molar-refractivity contribution in [2.45, 2.75) is 51.4 Å². The van der Waals surface area contributed by atoms with Crippen LogP contribution in [0.4, 0.5) is 0 Å². The van der Waals surface area contributed by atoms with E-state index in [1.165, 1.54) is 83.0 Å². The molecule has 0 heterocycles. The fraction of sp³-hybridized carbons (Fsp3) is 0.216. The van der Waals surface area contributed by atoms with Crippen LogP contribution in [0.3, 0.4) is 0 Å². The Labute approximate surface area is 267 Å². The molecule has 0 nitrogen and oxygen atoms in total. The van der Waals surface area contributed by atoms with Gasteiger partial charge in [0.25, 0.3) is 0 Å². The van der Waals surface area contributed by atoms with E-state index in [4.69, 9.17) is 0 Å². The zero-order chi connectivity index (χ0) is 26.0. The predicted molar refractivity (Wildman–Crippen MR) is 159 cm³/mol. The molecule has 4 aromatic rings. The SMILES string of the molecule is [C-]1=CC=CC1.[Cl-].[Cl-].[Zr+2]=[C]1CCCCCC1.[c-]1cc(-c2ccccc2)cc2c1Cc1ccc(-c3ccccc3)cc1-2. The quantitative estimate of drug-likeness (QED) is 0.204. The Morgan fingerprint density at radius 2 is 1.25 bits per heavy atom. The molecular formula is C37H34Cl2Zr-2. The van der Waals surface area contributed by atoms with Crippen molar-refractivity contribution in [3.05, 3.63) is 132 Å². The molecule has 0 radical (unpaired) electrons. The Hall–Kier alpha value is -2.31. The molecule has 0 aromatic heterocycles. The van der Waals surface area contributed by atoms with E-state index < -0.39 is 0 Å². The maximum atomic E-state index is 3.52. The second kappa shape index (κ2) is 16.8. The molecule has 3 aliphatic rings. The standard InChI is InChI=1S/C25H17.C7H12.C5H5.2ClH.Zr/c1-3-7-18(8-4-1)20-11-13-22-15-23-14-12-21(17-25(23)24(22)16-20)19-9-5-2-6-10-19;1-2-4-6-7-5-3-1;1-2-4-5-3-1;;;/h1-13,16-17H,15H2;1-6H2;1-3H,4H2;2*1H;/q-1;;-1;;;+2/p-2. The zero-order valence-corrected chi connectivity index (χ0v) is 26.8. The minimum Gasteiger partial charge on any atom is -0.179 e. The van der Waals surface area contributed by atoms with E-state index >= 15 is 0 Å². The van der Waals surface area contributed by atoms with Gasteiger partial charge in [0.1, 0.15) is 0 Å². The Morgan fingerprint density at radius 3 is 1.82 bits per heavy atom. The summed E-state index contributed by atoms with van der Waals surface area (Å²) in [5.41, 5.74) is 10.4. The number of hydrogen-bond donors (Lipinski definition) is 0. The molecule has 0 aliphatic heterocycles. The Bertz CT molecular complexity index is 1310. The van der Waals surface area contributed by atoms with Crippen LogP contribution < -0.4 is 24.8 Å². The third-order valence-corrected chi connectivity index (χ3v) is 8.53. The van der Waals surface area contributed by atoms with Crippen LogP contribution >= 0.6 is 0 Å². The second-order valence-corrected chi connectivity index (χ2v) is 11.8. The smallest absolute Gasteiger partial charge is 0.0184 e. The molecule has 7 rings (SSSR count). The van der Waals surface area contributed by atoms with Crippen LogP contribution in [0.5, 0.6) is 0 Å². The van der Waals surface area contributed by atoms with Gasteiger partial charge in [-0.15, -0.1) is 17.5 Å². The van der Waals surface area contributed by atoms with Crippen molar-refractivity contribution < 1.29 is 49.0 Å². The second-order valence-electron chi connectivity index (χ2n) is 10.1. The zero-order valence-electron chi connectivity index (χ0n) is 22.8. The van der Waals surface area contributed by atoms with Gasteiger partial charge in [-0.1, -0.05) is 95.6 Å². The summed E-state index contributed by atoms with van der Waals surface area (Å²) in [6.45, 7) is 0. The van der Waals surface area contributed by atoms with E-state index in [1.807, 2.05) is 15.4 Å². The first kappa shape index (κ1) is 32.2. The molecule has 0 unspecified atom stereocenters. The largest absolute Gasteiger partial charge is 0.179 e. The number of hydrogen-bond acceptors (Lipinski definition) is 0. The van der Waals surface area contributed by atoms with E-state index in [0.29, 0.717) is 0 Å². The van der Waals surface area contributed by atoms with E-state index in [-0.39, 0.29) is 24.8 Å². The number of halogens is 2. The third kappa shape index (κ3) is 8.84. The van der Waals surface area contributed by atoms with Gasteiger partial charge in [0, 0.05) is 0 Å². The van der Waals surface area contributed by atoms with Gasteiger partial charge in [0.05, 0.1) is 0 Å². The Morgan fingerprint density at radius 1 is 0.625 bits per heavy atom. The van der Waals surface area contributed by atoms with Crippen LogP contribution in [0.1, 0.15) is 56.1 Å². The van der Waals surface area contributed by atoms with Crippen LogP contribution in [0.2, 0.25) is 0 Å². The summed E-state index contributed by atoms with van der Waals surface area (Å²) in [4.78, 5) is 0. The monoisotopic (exact) mass is 638 g/mol. The van der Waals surface area contributed by atoms with Crippen molar-refractivity contribution >= 4 is 3.21 Å². The topological polar surface area (TPSA) is 0 Å². The van der Waals surface area contributed by atoms with Crippen molar-refractivity contribution in [2.75, 3.05) is 0 Å². The molecule has 0 spiro atoms. The van der Waals surface area contributed by atoms with E-state index in [1.54, 1.807) is 24.2 Å². The molecule has 0 atom stereocenters.